The first-order chi connectivity index (χ1) is 12.2. The predicted molar refractivity (Wildman–Crippen MR) is 97.0 cm³/mol. The van der Waals surface area contributed by atoms with E-state index in [2.05, 4.69) is 36.3 Å². The Kier molecular flexibility index (Phi) is 4.07. The van der Waals surface area contributed by atoms with Crippen molar-refractivity contribution in [1.82, 2.24) is 20.3 Å². The Bertz CT molecular complexity index is 1010. The summed E-state index contributed by atoms with van der Waals surface area (Å²) in [6.07, 6.45) is 0. The van der Waals surface area contributed by atoms with Gasteiger partial charge in [-0.1, -0.05) is 33.2 Å². The number of nitrogens with one attached hydrogen (secondary N) is 1. The van der Waals surface area contributed by atoms with Gasteiger partial charge in [0.1, 0.15) is 11.4 Å². The molecule has 2 heterocycles. The molecule has 2 aromatic carbocycles. The molecule has 0 aliphatic heterocycles. The minimum Gasteiger partial charge on any atom is -0.497 e. The zero-order valence-electron chi connectivity index (χ0n) is 13.2. The van der Waals surface area contributed by atoms with Crippen molar-refractivity contribution in [1.29, 1.82) is 0 Å². The Morgan fingerprint density at radius 3 is 2.68 bits per heavy atom. The van der Waals surface area contributed by atoms with E-state index in [1.165, 1.54) is 0 Å². The molecule has 0 aliphatic carbocycles. The van der Waals surface area contributed by atoms with Gasteiger partial charge in [-0.2, -0.15) is 10.1 Å². The lowest BCUT2D eigenvalue weighted by atomic mass is 10.1. The number of aromatic nitrogens is 4. The lowest BCUT2D eigenvalue weighted by Gasteiger charge is -2.00. The first-order valence-electron chi connectivity index (χ1n) is 7.53. The summed E-state index contributed by atoms with van der Waals surface area (Å²) in [6, 6.07) is 17.3. The van der Waals surface area contributed by atoms with Gasteiger partial charge in [-0.3, -0.25) is 5.10 Å². The van der Waals surface area contributed by atoms with Gasteiger partial charge in [-0.15, -0.1) is 0 Å². The second-order valence-corrected chi connectivity index (χ2v) is 6.24. The Morgan fingerprint density at radius 2 is 1.88 bits per heavy atom. The standard InChI is InChI=1S/C18H13BrN4O2/c1-24-14-4-2-3-12(9-14)15-10-16(22-21-15)18-20-17(23-25-18)11-5-7-13(19)8-6-11/h2-10H,1H3,(H,21,22). The highest BCUT2D eigenvalue weighted by atomic mass is 79.9. The van der Waals surface area contributed by atoms with Gasteiger partial charge in [0.05, 0.1) is 12.8 Å². The molecule has 0 unspecified atom stereocenters. The Labute approximate surface area is 152 Å². The first-order valence-corrected chi connectivity index (χ1v) is 8.32. The summed E-state index contributed by atoms with van der Waals surface area (Å²) >= 11 is 3.41. The molecule has 0 atom stereocenters. The van der Waals surface area contributed by atoms with Gasteiger partial charge < -0.3 is 9.26 Å². The lowest BCUT2D eigenvalue weighted by Crippen LogP contribution is -1.83. The summed E-state index contributed by atoms with van der Waals surface area (Å²) in [5.74, 6) is 1.69. The van der Waals surface area contributed by atoms with Crippen LogP contribution < -0.4 is 4.74 Å². The minimum atomic E-state index is 0.388. The molecule has 7 heteroatoms. The molecule has 4 aromatic rings. The van der Waals surface area contributed by atoms with E-state index in [-0.39, 0.29) is 0 Å². The van der Waals surface area contributed by atoms with Crippen LogP contribution in [0.25, 0.3) is 34.2 Å². The summed E-state index contributed by atoms with van der Waals surface area (Å²) < 4.78 is 11.6. The molecule has 0 radical (unpaired) electrons. The maximum Gasteiger partial charge on any atom is 0.276 e. The molecule has 6 nitrogen and oxygen atoms in total. The van der Waals surface area contributed by atoms with Crippen LogP contribution in [0, 0.1) is 0 Å². The molecule has 0 aliphatic rings. The van der Waals surface area contributed by atoms with Gasteiger partial charge in [0.2, 0.25) is 5.82 Å². The van der Waals surface area contributed by atoms with Crippen LogP contribution in [0.5, 0.6) is 5.75 Å². The third kappa shape index (κ3) is 3.18. The first kappa shape index (κ1) is 15.6. The number of aromatic amines is 1. The highest BCUT2D eigenvalue weighted by Gasteiger charge is 2.14. The van der Waals surface area contributed by atoms with Crippen LogP contribution in [-0.4, -0.2) is 27.4 Å². The second-order valence-electron chi connectivity index (χ2n) is 5.33. The van der Waals surface area contributed by atoms with Crippen molar-refractivity contribution < 1.29 is 9.26 Å². The van der Waals surface area contributed by atoms with Gasteiger partial charge in [-0.25, -0.2) is 0 Å². The molecule has 0 bridgehead atoms. The fourth-order valence-electron chi connectivity index (χ4n) is 2.41. The molecule has 0 saturated heterocycles. The molecule has 124 valence electrons. The van der Waals surface area contributed by atoms with Crippen molar-refractivity contribution >= 4 is 15.9 Å². The molecular weight excluding hydrogens is 384 g/mol. The molecule has 0 saturated carbocycles. The zero-order chi connectivity index (χ0) is 17.2. The van der Waals surface area contributed by atoms with Crippen LogP contribution in [0.3, 0.4) is 0 Å². The third-order valence-electron chi connectivity index (χ3n) is 3.70. The summed E-state index contributed by atoms with van der Waals surface area (Å²) in [7, 11) is 1.64. The second kappa shape index (κ2) is 6.52. The number of halogens is 1. The topological polar surface area (TPSA) is 76.8 Å². The van der Waals surface area contributed by atoms with Crippen molar-refractivity contribution in [3.8, 4) is 40.0 Å². The van der Waals surface area contributed by atoms with Gasteiger partial charge in [0.15, 0.2) is 0 Å². The molecule has 0 fully saturated rings. The fourth-order valence-corrected chi connectivity index (χ4v) is 2.67. The smallest absolute Gasteiger partial charge is 0.276 e. The molecule has 1 N–H and O–H groups in total. The normalized spacial score (nSPS) is 10.8. The summed E-state index contributed by atoms with van der Waals surface area (Å²) in [4.78, 5) is 4.43. The minimum absolute atomic E-state index is 0.388. The number of methoxy groups -OCH3 is 1. The van der Waals surface area contributed by atoms with E-state index in [9.17, 15) is 0 Å². The number of benzene rings is 2. The van der Waals surface area contributed by atoms with Gasteiger partial charge in [0, 0.05) is 15.6 Å². The van der Waals surface area contributed by atoms with E-state index in [4.69, 9.17) is 9.26 Å². The average molecular weight is 397 g/mol. The monoisotopic (exact) mass is 396 g/mol. The number of H-pyrrole nitrogens is 1. The van der Waals surface area contributed by atoms with Crippen molar-refractivity contribution in [3.05, 3.63) is 59.1 Å². The molecule has 0 spiro atoms. The number of nitrogens with zero attached hydrogens (tertiary/aromatic N) is 3. The van der Waals surface area contributed by atoms with Crippen molar-refractivity contribution in [2.24, 2.45) is 0 Å². The zero-order valence-corrected chi connectivity index (χ0v) is 14.8. The summed E-state index contributed by atoms with van der Waals surface area (Å²) in [5.41, 5.74) is 3.26. The van der Waals surface area contributed by atoms with E-state index in [1.54, 1.807) is 7.11 Å². The molecular formula is C18H13BrN4O2. The van der Waals surface area contributed by atoms with E-state index in [0.29, 0.717) is 17.4 Å². The number of hydrogen-bond donors (Lipinski definition) is 1. The SMILES string of the molecule is COc1cccc(-c2cc(-c3nc(-c4ccc(Br)cc4)no3)[nH]n2)c1. The summed E-state index contributed by atoms with van der Waals surface area (Å²) in [6.45, 7) is 0. The number of hydrogen-bond acceptors (Lipinski definition) is 5. The lowest BCUT2D eigenvalue weighted by molar-refractivity contribution is 0.415. The maximum absolute atomic E-state index is 5.36. The van der Waals surface area contributed by atoms with Crippen molar-refractivity contribution in [2.45, 2.75) is 0 Å². The number of rotatable bonds is 4. The largest absolute Gasteiger partial charge is 0.497 e. The van der Waals surface area contributed by atoms with E-state index < -0.39 is 0 Å². The van der Waals surface area contributed by atoms with E-state index in [0.717, 1.165) is 27.0 Å². The predicted octanol–water partition coefficient (Wildman–Crippen LogP) is 4.56. The van der Waals surface area contributed by atoms with E-state index >= 15 is 0 Å². The highest BCUT2D eigenvalue weighted by Crippen LogP contribution is 2.27. The van der Waals surface area contributed by atoms with E-state index in [1.807, 2.05) is 54.6 Å². The van der Waals surface area contributed by atoms with Crippen molar-refractivity contribution in [3.63, 3.8) is 0 Å². The Hall–Kier alpha value is -2.93. The van der Waals surface area contributed by atoms with Gasteiger partial charge in [-0.05, 0) is 42.5 Å². The molecule has 2 aromatic heterocycles. The molecule has 4 rings (SSSR count). The van der Waals surface area contributed by atoms with Crippen LogP contribution in [0.15, 0.2) is 63.6 Å². The van der Waals surface area contributed by atoms with Crippen LogP contribution in [0.1, 0.15) is 0 Å². The molecule has 25 heavy (non-hydrogen) atoms. The van der Waals surface area contributed by atoms with Crippen molar-refractivity contribution in [2.75, 3.05) is 7.11 Å². The number of ether oxygens (including phenoxy) is 1. The Balaban J connectivity index is 1.63. The van der Waals surface area contributed by atoms with Crippen LogP contribution in [-0.2, 0) is 0 Å². The summed E-state index contributed by atoms with van der Waals surface area (Å²) in [5, 5.41) is 11.3. The maximum atomic E-state index is 5.36. The van der Waals surface area contributed by atoms with Gasteiger partial charge >= 0.3 is 0 Å². The molecule has 0 amide bonds. The van der Waals surface area contributed by atoms with Crippen LogP contribution in [0.4, 0.5) is 0 Å². The average Bonchev–Trinajstić information content (AvgIpc) is 3.32. The fraction of sp³-hybridized carbons (Fsp3) is 0.0556. The van der Waals surface area contributed by atoms with Crippen LogP contribution >= 0.6 is 15.9 Å². The quantitative estimate of drug-likeness (QED) is 0.546. The third-order valence-corrected chi connectivity index (χ3v) is 4.23. The Morgan fingerprint density at radius 1 is 1.04 bits per heavy atom. The van der Waals surface area contributed by atoms with Crippen LogP contribution in [0.2, 0.25) is 0 Å². The highest BCUT2D eigenvalue weighted by molar-refractivity contribution is 9.10. The van der Waals surface area contributed by atoms with Gasteiger partial charge in [0.25, 0.3) is 5.89 Å².